The molecule has 3 aromatic rings. The van der Waals surface area contributed by atoms with E-state index in [0.717, 1.165) is 16.5 Å². The molecule has 0 aliphatic carbocycles. The number of fused-ring (bicyclic) bond motifs is 1. The Morgan fingerprint density at radius 2 is 1.74 bits per heavy atom. The van der Waals surface area contributed by atoms with Gasteiger partial charge in [0.25, 0.3) is 0 Å². The van der Waals surface area contributed by atoms with E-state index >= 15 is 0 Å². The van der Waals surface area contributed by atoms with Gasteiger partial charge in [0.1, 0.15) is 0 Å². The third-order valence-corrected chi connectivity index (χ3v) is 4.28. The van der Waals surface area contributed by atoms with Crippen LogP contribution in [-0.4, -0.2) is 4.98 Å². The zero-order chi connectivity index (χ0) is 13.2. The standard InChI is InChI=1S/C16H13IN2/c17-15-7-2-1-5-13(15)16(18)12-6-3-4-11-8-9-19-10-14(11)12/h1-10,16H,18H2. The number of halogens is 1. The monoisotopic (exact) mass is 360 g/mol. The first-order valence-corrected chi connectivity index (χ1v) is 7.18. The van der Waals surface area contributed by atoms with E-state index in [2.05, 4.69) is 51.8 Å². The van der Waals surface area contributed by atoms with E-state index in [9.17, 15) is 0 Å². The second kappa shape index (κ2) is 5.27. The smallest absolute Gasteiger partial charge is 0.0568 e. The lowest BCUT2D eigenvalue weighted by atomic mass is 9.95. The minimum Gasteiger partial charge on any atom is -0.320 e. The maximum atomic E-state index is 6.45. The Balaban J connectivity index is 2.17. The van der Waals surface area contributed by atoms with E-state index in [1.165, 1.54) is 8.96 Å². The lowest BCUT2D eigenvalue weighted by Crippen LogP contribution is -2.13. The number of nitrogens with zero attached hydrogens (tertiary/aromatic N) is 1. The SMILES string of the molecule is NC(c1ccccc1I)c1cccc2ccncc12. The Kier molecular flexibility index (Phi) is 3.48. The largest absolute Gasteiger partial charge is 0.320 e. The van der Waals surface area contributed by atoms with Crippen molar-refractivity contribution in [2.45, 2.75) is 6.04 Å². The van der Waals surface area contributed by atoms with Gasteiger partial charge in [-0.15, -0.1) is 0 Å². The fourth-order valence-corrected chi connectivity index (χ4v) is 3.03. The summed E-state index contributed by atoms with van der Waals surface area (Å²) < 4.78 is 1.19. The van der Waals surface area contributed by atoms with Crippen molar-refractivity contribution in [1.29, 1.82) is 0 Å². The summed E-state index contributed by atoms with van der Waals surface area (Å²) >= 11 is 2.33. The molecule has 0 aliphatic heterocycles. The molecule has 0 spiro atoms. The van der Waals surface area contributed by atoms with Crippen LogP contribution in [-0.2, 0) is 0 Å². The van der Waals surface area contributed by atoms with Gasteiger partial charge in [0.05, 0.1) is 6.04 Å². The van der Waals surface area contributed by atoms with Gasteiger partial charge in [-0.2, -0.15) is 0 Å². The van der Waals surface area contributed by atoms with E-state index in [4.69, 9.17) is 5.73 Å². The van der Waals surface area contributed by atoms with Crippen LogP contribution in [0.2, 0.25) is 0 Å². The Morgan fingerprint density at radius 1 is 0.947 bits per heavy atom. The highest BCUT2D eigenvalue weighted by molar-refractivity contribution is 14.1. The molecule has 19 heavy (non-hydrogen) atoms. The fraction of sp³-hybridized carbons (Fsp3) is 0.0625. The summed E-state index contributed by atoms with van der Waals surface area (Å²) in [5.74, 6) is 0. The number of rotatable bonds is 2. The van der Waals surface area contributed by atoms with Gasteiger partial charge in [0, 0.05) is 21.4 Å². The van der Waals surface area contributed by atoms with Gasteiger partial charge in [-0.3, -0.25) is 4.98 Å². The molecule has 1 atom stereocenters. The molecule has 3 heteroatoms. The molecule has 0 fully saturated rings. The van der Waals surface area contributed by atoms with Crippen LogP contribution in [0, 0.1) is 3.57 Å². The van der Waals surface area contributed by atoms with Crippen molar-refractivity contribution in [2.24, 2.45) is 5.73 Å². The topological polar surface area (TPSA) is 38.9 Å². The van der Waals surface area contributed by atoms with E-state index in [1.54, 1.807) is 0 Å². The van der Waals surface area contributed by atoms with Gasteiger partial charge >= 0.3 is 0 Å². The molecule has 0 bridgehead atoms. The number of aromatic nitrogens is 1. The molecule has 0 saturated heterocycles. The quantitative estimate of drug-likeness (QED) is 0.705. The van der Waals surface area contributed by atoms with Gasteiger partial charge in [0.15, 0.2) is 0 Å². The summed E-state index contributed by atoms with van der Waals surface area (Å²) in [6.45, 7) is 0. The highest BCUT2D eigenvalue weighted by Gasteiger charge is 2.14. The van der Waals surface area contributed by atoms with Gasteiger partial charge in [-0.05, 0) is 51.2 Å². The molecule has 2 N–H and O–H groups in total. The maximum absolute atomic E-state index is 6.45. The summed E-state index contributed by atoms with van der Waals surface area (Å²) in [4.78, 5) is 4.21. The van der Waals surface area contributed by atoms with Crippen LogP contribution >= 0.6 is 22.6 Å². The van der Waals surface area contributed by atoms with Crippen LogP contribution in [0.3, 0.4) is 0 Å². The Bertz CT molecular complexity index is 719. The minimum atomic E-state index is -0.124. The molecule has 0 amide bonds. The molecule has 2 aromatic carbocycles. The molecule has 0 saturated carbocycles. The van der Waals surface area contributed by atoms with E-state index < -0.39 is 0 Å². The first kappa shape index (κ1) is 12.6. The lowest BCUT2D eigenvalue weighted by molar-refractivity contribution is 0.874. The summed E-state index contributed by atoms with van der Waals surface area (Å²) in [5.41, 5.74) is 8.72. The third kappa shape index (κ3) is 2.35. The second-order valence-electron chi connectivity index (χ2n) is 4.44. The van der Waals surface area contributed by atoms with Crippen molar-refractivity contribution in [2.75, 3.05) is 0 Å². The van der Waals surface area contributed by atoms with Crippen molar-refractivity contribution in [1.82, 2.24) is 4.98 Å². The van der Waals surface area contributed by atoms with E-state index in [1.807, 2.05) is 36.7 Å². The Hall–Kier alpha value is -1.46. The highest BCUT2D eigenvalue weighted by atomic mass is 127. The Labute approximate surface area is 125 Å². The molecule has 3 rings (SSSR count). The summed E-state index contributed by atoms with van der Waals surface area (Å²) in [6.07, 6.45) is 3.70. The lowest BCUT2D eigenvalue weighted by Gasteiger charge is -2.16. The maximum Gasteiger partial charge on any atom is 0.0568 e. The van der Waals surface area contributed by atoms with Crippen molar-refractivity contribution in [3.63, 3.8) is 0 Å². The predicted molar refractivity (Wildman–Crippen MR) is 86.9 cm³/mol. The van der Waals surface area contributed by atoms with Gasteiger partial charge in [-0.25, -0.2) is 0 Å². The zero-order valence-corrected chi connectivity index (χ0v) is 12.4. The van der Waals surface area contributed by atoms with Crippen LogP contribution in [0.1, 0.15) is 17.2 Å². The van der Waals surface area contributed by atoms with Crippen LogP contribution in [0.25, 0.3) is 10.8 Å². The summed E-state index contributed by atoms with van der Waals surface area (Å²) in [5, 5.41) is 2.30. The van der Waals surface area contributed by atoms with E-state index in [-0.39, 0.29) is 6.04 Å². The minimum absolute atomic E-state index is 0.124. The number of nitrogens with two attached hydrogens (primary N) is 1. The number of benzene rings is 2. The number of hydrogen-bond acceptors (Lipinski definition) is 2. The first-order chi connectivity index (χ1) is 9.27. The molecular weight excluding hydrogens is 347 g/mol. The third-order valence-electron chi connectivity index (χ3n) is 3.29. The normalized spacial score (nSPS) is 12.5. The molecule has 2 nitrogen and oxygen atoms in total. The summed E-state index contributed by atoms with van der Waals surface area (Å²) in [6, 6.07) is 16.3. The average molecular weight is 360 g/mol. The summed E-state index contributed by atoms with van der Waals surface area (Å²) in [7, 11) is 0. The van der Waals surface area contributed by atoms with Crippen molar-refractivity contribution >= 4 is 33.4 Å². The molecular formula is C16H13IN2. The van der Waals surface area contributed by atoms with Crippen LogP contribution in [0.15, 0.2) is 60.9 Å². The average Bonchev–Trinajstić information content (AvgIpc) is 2.46. The van der Waals surface area contributed by atoms with Crippen LogP contribution < -0.4 is 5.73 Å². The number of hydrogen-bond donors (Lipinski definition) is 1. The van der Waals surface area contributed by atoms with Crippen LogP contribution in [0.5, 0.6) is 0 Å². The molecule has 1 unspecified atom stereocenters. The number of pyridine rings is 1. The predicted octanol–water partition coefficient (Wildman–Crippen LogP) is 3.89. The molecule has 0 aliphatic rings. The molecule has 1 aromatic heterocycles. The first-order valence-electron chi connectivity index (χ1n) is 6.10. The van der Waals surface area contributed by atoms with Crippen LogP contribution in [0.4, 0.5) is 0 Å². The van der Waals surface area contributed by atoms with Crippen molar-refractivity contribution < 1.29 is 0 Å². The molecule has 94 valence electrons. The van der Waals surface area contributed by atoms with Gasteiger partial charge in [-0.1, -0.05) is 36.4 Å². The molecule has 1 heterocycles. The van der Waals surface area contributed by atoms with Gasteiger partial charge in [0.2, 0.25) is 0 Å². The van der Waals surface area contributed by atoms with E-state index in [0.29, 0.717) is 0 Å². The zero-order valence-electron chi connectivity index (χ0n) is 10.3. The van der Waals surface area contributed by atoms with Gasteiger partial charge < -0.3 is 5.73 Å². The molecule has 0 radical (unpaired) electrons. The Morgan fingerprint density at radius 3 is 2.58 bits per heavy atom. The van der Waals surface area contributed by atoms with Crippen molar-refractivity contribution in [3.8, 4) is 0 Å². The highest BCUT2D eigenvalue weighted by Crippen LogP contribution is 2.29. The second-order valence-corrected chi connectivity index (χ2v) is 5.61. The fourth-order valence-electron chi connectivity index (χ4n) is 2.30. The van der Waals surface area contributed by atoms with Crippen molar-refractivity contribution in [3.05, 3.63) is 75.6 Å².